The van der Waals surface area contributed by atoms with Gasteiger partial charge in [-0.15, -0.1) is 0 Å². The summed E-state index contributed by atoms with van der Waals surface area (Å²) in [6.45, 7) is -0.663. The summed E-state index contributed by atoms with van der Waals surface area (Å²) in [6, 6.07) is 25.0. The zero-order chi connectivity index (χ0) is 23.9. The Labute approximate surface area is 197 Å². The number of ether oxygens (including phenoxy) is 1. The fourth-order valence-electron chi connectivity index (χ4n) is 4.01. The molecular weight excluding hydrogens is 438 g/mol. The zero-order valence-corrected chi connectivity index (χ0v) is 18.4. The molecule has 1 fully saturated rings. The number of hydrogen-bond donors (Lipinski definition) is 1. The maximum absolute atomic E-state index is 13.3. The van der Waals surface area contributed by atoms with Gasteiger partial charge in [0.15, 0.2) is 0 Å². The molecule has 0 spiro atoms. The Morgan fingerprint density at radius 1 is 0.912 bits per heavy atom. The molecule has 0 aromatic heterocycles. The Bertz CT molecular complexity index is 1140. The number of benzene rings is 3. The van der Waals surface area contributed by atoms with Crippen LogP contribution in [0, 0.1) is 11.3 Å². The maximum Gasteiger partial charge on any atom is 0.387 e. The molecule has 6 nitrogen and oxygen atoms in total. The fraction of sp³-hybridized carbons (Fsp3) is 0.231. The van der Waals surface area contributed by atoms with Crippen LogP contribution in [0.25, 0.3) is 0 Å². The van der Waals surface area contributed by atoms with E-state index in [0.717, 1.165) is 5.56 Å². The highest BCUT2D eigenvalue weighted by atomic mass is 19.3. The lowest BCUT2D eigenvalue weighted by Crippen LogP contribution is -2.49. The van der Waals surface area contributed by atoms with Gasteiger partial charge in [0, 0.05) is 31.9 Å². The number of anilines is 2. The van der Waals surface area contributed by atoms with Crippen molar-refractivity contribution in [1.29, 1.82) is 5.26 Å². The van der Waals surface area contributed by atoms with Gasteiger partial charge in [-0.3, -0.25) is 9.69 Å². The minimum Gasteiger partial charge on any atom is -0.435 e. The van der Waals surface area contributed by atoms with Crippen molar-refractivity contribution in [2.75, 3.05) is 31.5 Å². The van der Waals surface area contributed by atoms with E-state index in [1.165, 1.54) is 12.1 Å². The third kappa shape index (κ3) is 5.50. The Balaban J connectivity index is 1.42. The van der Waals surface area contributed by atoms with Crippen LogP contribution in [0.1, 0.15) is 22.0 Å². The van der Waals surface area contributed by atoms with Crippen LogP contribution in [-0.2, 0) is 0 Å². The van der Waals surface area contributed by atoms with E-state index in [4.69, 9.17) is 0 Å². The van der Waals surface area contributed by atoms with Crippen LogP contribution in [0.3, 0.4) is 0 Å². The molecule has 1 amide bonds. The monoisotopic (exact) mass is 462 g/mol. The SMILES string of the molecule is N#CC(c1ccccc1)N1CCN(C(=O)c2ccccc2Nc2ccc(OC(F)F)cc2)CC1. The molecule has 0 bridgehead atoms. The average Bonchev–Trinajstić information content (AvgIpc) is 2.86. The molecule has 1 saturated heterocycles. The summed E-state index contributed by atoms with van der Waals surface area (Å²) < 4.78 is 29.1. The summed E-state index contributed by atoms with van der Waals surface area (Å²) in [6.07, 6.45) is 0. The van der Waals surface area contributed by atoms with Crippen molar-refractivity contribution < 1.29 is 18.3 Å². The number of amides is 1. The van der Waals surface area contributed by atoms with E-state index in [2.05, 4.69) is 21.0 Å². The van der Waals surface area contributed by atoms with Gasteiger partial charge in [0.1, 0.15) is 11.8 Å². The van der Waals surface area contributed by atoms with Crippen molar-refractivity contribution in [3.05, 3.63) is 90.0 Å². The van der Waals surface area contributed by atoms with Crippen LogP contribution in [0.5, 0.6) is 5.75 Å². The second kappa shape index (κ2) is 10.8. The van der Waals surface area contributed by atoms with Crippen LogP contribution >= 0.6 is 0 Å². The average molecular weight is 463 g/mol. The molecule has 174 valence electrons. The standard InChI is InChI=1S/C26H24F2N4O2/c27-26(28)34-21-12-10-20(11-13-21)30-23-9-5-4-8-22(23)25(33)32-16-14-31(15-17-32)24(18-29)19-6-2-1-3-7-19/h1-13,24,26,30H,14-17H2. The highest BCUT2D eigenvalue weighted by molar-refractivity contribution is 6.00. The number of nitriles is 1. The molecule has 34 heavy (non-hydrogen) atoms. The summed E-state index contributed by atoms with van der Waals surface area (Å²) in [5, 5.41) is 12.9. The predicted octanol–water partition coefficient (Wildman–Crippen LogP) is 5.05. The van der Waals surface area contributed by atoms with Gasteiger partial charge in [-0.2, -0.15) is 14.0 Å². The van der Waals surface area contributed by atoms with Crippen molar-refractivity contribution in [2.24, 2.45) is 0 Å². The number of alkyl halides is 2. The summed E-state index contributed by atoms with van der Waals surface area (Å²) >= 11 is 0. The summed E-state index contributed by atoms with van der Waals surface area (Å²) in [5.41, 5.74) is 2.73. The molecule has 0 radical (unpaired) electrons. The molecule has 0 saturated carbocycles. The van der Waals surface area contributed by atoms with Crippen LogP contribution < -0.4 is 10.1 Å². The van der Waals surface area contributed by atoms with Gasteiger partial charge in [-0.25, -0.2) is 0 Å². The number of piperazine rings is 1. The summed E-state index contributed by atoms with van der Waals surface area (Å²) in [5.74, 6) is -0.0393. The number of hydrogen-bond acceptors (Lipinski definition) is 5. The van der Waals surface area contributed by atoms with Gasteiger partial charge in [0.25, 0.3) is 5.91 Å². The van der Waals surface area contributed by atoms with Gasteiger partial charge >= 0.3 is 6.61 Å². The lowest BCUT2D eigenvalue weighted by Gasteiger charge is -2.37. The third-order valence-corrected chi connectivity index (χ3v) is 5.72. The molecule has 1 heterocycles. The quantitative estimate of drug-likeness (QED) is 0.532. The van der Waals surface area contributed by atoms with E-state index in [1.807, 2.05) is 36.4 Å². The second-order valence-electron chi connectivity index (χ2n) is 7.84. The molecule has 1 N–H and O–H groups in total. The van der Waals surface area contributed by atoms with E-state index in [-0.39, 0.29) is 17.7 Å². The number of nitrogens with zero attached hydrogens (tertiary/aromatic N) is 3. The number of nitrogens with one attached hydrogen (secondary N) is 1. The number of rotatable bonds is 7. The summed E-state index contributed by atoms with van der Waals surface area (Å²) in [7, 11) is 0. The van der Waals surface area contributed by atoms with Crippen molar-refractivity contribution in [3.63, 3.8) is 0 Å². The minimum atomic E-state index is -2.88. The molecule has 4 rings (SSSR count). The summed E-state index contributed by atoms with van der Waals surface area (Å²) in [4.78, 5) is 17.2. The molecule has 3 aromatic carbocycles. The van der Waals surface area contributed by atoms with Crippen molar-refractivity contribution in [1.82, 2.24) is 9.80 Å². The third-order valence-electron chi connectivity index (χ3n) is 5.72. The Morgan fingerprint density at radius 2 is 1.56 bits per heavy atom. The first-order valence-corrected chi connectivity index (χ1v) is 10.9. The fourth-order valence-corrected chi connectivity index (χ4v) is 4.01. The van der Waals surface area contributed by atoms with Gasteiger partial charge in [0.05, 0.1) is 17.3 Å². The molecule has 1 unspecified atom stereocenters. The highest BCUT2D eigenvalue weighted by Gasteiger charge is 2.28. The largest absolute Gasteiger partial charge is 0.435 e. The predicted molar refractivity (Wildman–Crippen MR) is 125 cm³/mol. The Kier molecular flexibility index (Phi) is 7.35. The van der Waals surface area contributed by atoms with E-state index in [0.29, 0.717) is 43.1 Å². The number of para-hydroxylation sites is 1. The van der Waals surface area contributed by atoms with Gasteiger partial charge < -0.3 is 15.0 Å². The topological polar surface area (TPSA) is 68.6 Å². The maximum atomic E-state index is 13.3. The smallest absolute Gasteiger partial charge is 0.387 e. The van der Waals surface area contributed by atoms with Crippen LogP contribution in [-0.4, -0.2) is 48.5 Å². The number of carbonyl (C=O) groups is 1. The molecule has 0 aliphatic carbocycles. The van der Waals surface area contributed by atoms with E-state index < -0.39 is 6.61 Å². The lowest BCUT2D eigenvalue weighted by atomic mass is 10.1. The lowest BCUT2D eigenvalue weighted by molar-refractivity contribution is -0.0498. The van der Waals surface area contributed by atoms with Crippen LogP contribution in [0.15, 0.2) is 78.9 Å². The first-order chi connectivity index (χ1) is 16.5. The number of halogens is 2. The van der Waals surface area contributed by atoms with Crippen LogP contribution in [0.4, 0.5) is 20.2 Å². The number of carbonyl (C=O) groups excluding carboxylic acids is 1. The van der Waals surface area contributed by atoms with E-state index >= 15 is 0 Å². The van der Waals surface area contributed by atoms with Gasteiger partial charge in [0.2, 0.25) is 0 Å². The van der Waals surface area contributed by atoms with E-state index in [9.17, 15) is 18.8 Å². The molecule has 3 aromatic rings. The van der Waals surface area contributed by atoms with E-state index in [1.54, 1.807) is 35.2 Å². The van der Waals surface area contributed by atoms with Crippen molar-refractivity contribution in [2.45, 2.75) is 12.7 Å². The Hall–Kier alpha value is -3.96. The molecular formula is C26H24F2N4O2. The van der Waals surface area contributed by atoms with Gasteiger partial charge in [-0.05, 0) is 42.0 Å². The minimum absolute atomic E-state index is 0.0639. The normalized spacial score (nSPS) is 14.9. The molecule has 1 atom stereocenters. The highest BCUT2D eigenvalue weighted by Crippen LogP contribution is 2.26. The van der Waals surface area contributed by atoms with Crippen LogP contribution in [0.2, 0.25) is 0 Å². The molecule has 1 aliphatic rings. The first-order valence-electron chi connectivity index (χ1n) is 10.9. The Morgan fingerprint density at radius 3 is 2.21 bits per heavy atom. The van der Waals surface area contributed by atoms with Gasteiger partial charge in [-0.1, -0.05) is 42.5 Å². The second-order valence-corrected chi connectivity index (χ2v) is 7.84. The zero-order valence-electron chi connectivity index (χ0n) is 18.4. The molecule has 8 heteroatoms. The molecule has 1 aliphatic heterocycles. The van der Waals surface area contributed by atoms with Crippen molar-refractivity contribution >= 4 is 17.3 Å². The van der Waals surface area contributed by atoms with Crippen molar-refractivity contribution in [3.8, 4) is 11.8 Å². The first kappa shape index (κ1) is 23.2.